The van der Waals surface area contributed by atoms with Gasteiger partial charge in [-0.25, -0.2) is 18.1 Å². The van der Waals surface area contributed by atoms with Crippen LogP contribution in [0.3, 0.4) is 0 Å². The molecule has 0 aliphatic rings. The predicted octanol–water partition coefficient (Wildman–Crippen LogP) is 5.76. The quantitative estimate of drug-likeness (QED) is 0.221. The highest BCUT2D eigenvalue weighted by molar-refractivity contribution is 7.90. The van der Waals surface area contributed by atoms with Crippen LogP contribution in [0.4, 0.5) is 13.2 Å². The first kappa shape index (κ1) is 27.0. The summed E-state index contributed by atoms with van der Waals surface area (Å²) >= 11 is 6.03. The maximum atomic E-state index is 12.5. The third-order valence-corrected chi connectivity index (χ3v) is 6.81. The summed E-state index contributed by atoms with van der Waals surface area (Å²) in [6.45, 7) is 0.00930. The van der Waals surface area contributed by atoms with Crippen LogP contribution in [-0.2, 0) is 16.6 Å². The van der Waals surface area contributed by atoms with Gasteiger partial charge in [0.25, 0.3) is 10.0 Å². The van der Waals surface area contributed by atoms with Gasteiger partial charge in [0, 0.05) is 22.3 Å². The molecule has 0 amide bonds. The molecule has 0 fully saturated rings. The van der Waals surface area contributed by atoms with E-state index in [0.29, 0.717) is 27.4 Å². The Bertz CT molecular complexity index is 1550. The Balaban J connectivity index is 1.62. The molecule has 1 heterocycles. The summed E-state index contributed by atoms with van der Waals surface area (Å²) < 4.78 is 68.7. The predicted molar refractivity (Wildman–Crippen MR) is 139 cm³/mol. The van der Waals surface area contributed by atoms with E-state index in [4.69, 9.17) is 17.3 Å². The van der Waals surface area contributed by atoms with Gasteiger partial charge in [0.2, 0.25) is 5.96 Å². The molecule has 0 saturated heterocycles. The van der Waals surface area contributed by atoms with E-state index in [0.717, 1.165) is 5.56 Å². The molecule has 0 unspecified atom stereocenters. The van der Waals surface area contributed by atoms with Crippen molar-refractivity contribution in [2.45, 2.75) is 17.8 Å². The molecule has 12 heteroatoms. The second-order valence-corrected chi connectivity index (χ2v) is 10.1. The van der Waals surface area contributed by atoms with Crippen LogP contribution in [0.1, 0.15) is 5.56 Å². The van der Waals surface area contributed by atoms with E-state index >= 15 is 0 Å². The van der Waals surface area contributed by atoms with Crippen molar-refractivity contribution in [3.05, 3.63) is 102 Å². The Hall–Kier alpha value is -4.09. The van der Waals surface area contributed by atoms with Crippen molar-refractivity contribution in [2.24, 2.45) is 10.7 Å². The highest BCUT2D eigenvalue weighted by Crippen LogP contribution is 2.33. The average Bonchev–Trinajstić information content (AvgIpc) is 2.88. The van der Waals surface area contributed by atoms with Crippen LogP contribution in [0.25, 0.3) is 22.4 Å². The molecule has 7 nitrogen and oxygen atoms in total. The highest BCUT2D eigenvalue weighted by atomic mass is 35.5. The molecular formula is C26H20ClF3N4O3S. The molecule has 4 rings (SSSR count). The molecule has 196 valence electrons. The van der Waals surface area contributed by atoms with E-state index in [-0.39, 0.29) is 23.1 Å². The fourth-order valence-electron chi connectivity index (χ4n) is 3.49. The molecule has 0 saturated carbocycles. The minimum Gasteiger partial charge on any atom is -0.406 e. The number of sulfonamides is 1. The largest absolute Gasteiger partial charge is 0.573 e. The van der Waals surface area contributed by atoms with E-state index in [1.807, 2.05) is 0 Å². The minimum absolute atomic E-state index is 0.00930. The van der Waals surface area contributed by atoms with Crippen molar-refractivity contribution in [3.8, 4) is 28.1 Å². The first-order chi connectivity index (χ1) is 18.0. The topological polar surface area (TPSA) is 107 Å². The Kier molecular flexibility index (Phi) is 7.88. The molecule has 3 N–H and O–H groups in total. The maximum absolute atomic E-state index is 12.5. The van der Waals surface area contributed by atoms with E-state index in [2.05, 4.69) is 19.4 Å². The van der Waals surface area contributed by atoms with Gasteiger partial charge in [-0.1, -0.05) is 41.9 Å². The van der Waals surface area contributed by atoms with E-state index in [1.54, 1.807) is 48.5 Å². The monoisotopic (exact) mass is 560 g/mol. The van der Waals surface area contributed by atoms with Crippen LogP contribution < -0.4 is 15.2 Å². The van der Waals surface area contributed by atoms with Gasteiger partial charge in [0.15, 0.2) is 0 Å². The third kappa shape index (κ3) is 7.02. The summed E-state index contributed by atoms with van der Waals surface area (Å²) in [4.78, 5) is 8.67. The van der Waals surface area contributed by atoms with Gasteiger partial charge >= 0.3 is 6.36 Å². The zero-order valence-corrected chi connectivity index (χ0v) is 21.1. The highest BCUT2D eigenvalue weighted by Gasteiger charge is 2.31. The Labute approximate surface area is 221 Å². The summed E-state index contributed by atoms with van der Waals surface area (Å²) in [5.74, 6) is -0.653. The van der Waals surface area contributed by atoms with Gasteiger partial charge in [0.1, 0.15) is 5.75 Å². The number of rotatable bonds is 7. The lowest BCUT2D eigenvalue weighted by Crippen LogP contribution is -2.36. The van der Waals surface area contributed by atoms with Crippen molar-refractivity contribution in [3.63, 3.8) is 0 Å². The van der Waals surface area contributed by atoms with Crippen LogP contribution in [0.2, 0.25) is 5.02 Å². The van der Waals surface area contributed by atoms with Crippen molar-refractivity contribution in [2.75, 3.05) is 0 Å². The van der Waals surface area contributed by atoms with Crippen LogP contribution in [0.15, 0.2) is 101 Å². The molecule has 1 aromatic heterocycles. The zero-order valence-electron chi connectivity index (χ0n) is 19.5. The molecule has 4 aromatic rings. The number of aromatic nitrogens is 1. The van der Waals surface area contributed by atoms with Gasteiger partial charge in [0.05, 0.1) is 17.1 Å². The number of guanidine groups is 1. The van der Waals surface area contributed by atoms with Crippen LogP contribution in [-0.4, -0.2) is 25.7 Å². The smallest absolute Gasteiger partial charge is 0.406 e. The van der Waals surface area contributed by atoms with Gasteiger partial charge < -0.3 is 10.5 Å². The number of hydrogen-bond acceptors (Lipinski definition) is 5. The van der Waals surface area contributed by atoms with Crippen LogP contribution >= 0.6 is 11.6 Å². The van der Waals surface area contributed by atoms with Gasteiger partial charge in [-0.3, -0.25) is 4.98 Å². The number of benzene rings is 3. The normalized spacial score (nSPS) is 12.3. The fourth-order valence-corrected chi connectivity index (χ4v) is 4.59. The standard InChI is InChI=1S/C26H20ClF3N4O3S/c27-20-10-6-18(7-11-20)23-14-17(16-33-25(31)34-38(35,36)22-4-2-1-3-5-22)15-32-24(23)19-8-12-21(13-9-19)37-26(28,29)30/h1-15H,16H2,(H3,31,33,34). The lowest BCUT2D eigenvalue weighted by Gasteiger charge is -2.13. The van der Waals surface area contributed by atoms with Gasteiger partial charge in [-0.05, 0) is 65.7 Å². The van der Waals surface area contributed by atoms with Crippen LogP contribution in [0, 0.1) is 0 Å². The Morgan fingerprint density at radius 2 is 1.61 bits per heavy atom. The lowest BCUT2D eigenvalue weighted by molar-refractivity contribution is -0.274. The summed E-state index contributed by atoms with van der Waals surface area (Å²) in [6.07, 6.45) is -3.27. The summed E-state index contributed by atoms with van der Waals surface area (Å²) in [7, 11) is -3.89. The van der Waals surface area contributed by atoms with Crippen molar-refractivity contribution in [1.29, 1.82) is 0 Å². The Morgan fingerprint density at radius 3 is 2.24 bits per heavy atom. The van der Waals surface area contributed by atoms with Crippen molar-refractivity contribution in [1.82, 2.24) is 9.71 Å². The number of alkyl halides is 3. The molecule has 0 bridgehead atoms. The van der Waals surface area contributed by atoms with E-state index < -0.39 is 16.4 Å². The summed E-state index contributed by atoms with van der Waals surface area (Å²) in [6, 6.07) is 21.8. The molecule has 0 atom stereocenters. The molecular weight excluding hydrogens is 541 g/mol. The SMILES string of the molecule is NC(=NCc1cnc(-c2ccc(OC(F)(F)F)cc2)c(-c2ccc(Cl)cc2)c1)NS(=O)(=O)c1ccccc1. The maximum Gasteiger partial charge on any atom is 0.573 e. The number of pyridine rings is 1. The summed E-state index contributed by atoms with van der Waals surface area (Å²) in [5.41, 5.74) is 8.88. The lowest BCUT2D eigenvalue weighted by atomic mass is 9.98. The second kappa shape index (κ2) is 11.1. The number of halogens is 4. The molecule has 0 aliphatic heterocycles. The fraction of sp³-hybridized carbons (Fsp3) is 0.0769. The Morgan fingerprint density at radius 1 is 0.974 bits per heavy atom. The van der Waals surface area contributed by atoms with Gasteiger partial charge in [-0.2, -0.15) is 0 Å². The zero-order chi connectivity index (χ0) is 27.3. The molecule has 0 radical (unpaired) electrons. The van der Waals surface area contributed by atoms with Crippen molar-refractivity contribution < 1.29 is 26.3 Å². The molecule has 0 aliphatic carbocycles. The number of ether oxygens (including phenoxy) is 1. The number of aliphatic imine (C=N–C) groups is 1. The average molecular weight is 561 g/mol. The number of hydrogen-bond donors (Lipinski definition) is 2. The second-order valence-electron chi connectivity index (χ2n) is 7.94. The number of nitrogens with one attached hydrogen (secondary N) is 1. The number of nitrogens with zero attached hydrogens (tertiary/aromatic N) is 2. The molecule has 3 aromatic carbocycles. The van der Waals surface area contributed by atoms with E-state index in [1.165, 1.54) is 42.6 Å². The first-order valence-electron chi connectivity index (χ1n) is 11.0. The van der Waals surface area contributed by atoms with Crippen molar-refractivity contribution >= 4 is 27.6 Å². The first-order valence-corrected chi connectivity index (χ1v) is 12.9. The third-order valence-electron chi connectivity index (χ3n) is 5.19. The van der Waals surface area contributed by atoms with Gasteiger partial charge in [-0.15, -0.1) is 13.2 Å². The number of nitrogens with two attached hydrogens (primary N) is 1. The summed E-state index contributed by atoms with van der Waals surface area (Å²) in [5, 5.41) is 0.524. The minimum atomic E-state index is -4.80. The molecule has 38 heavy (non-hydrogen) atoms. The molecule has 0 spiro atoms. The van der Waals surface area contributed by atoms with E-state index in [9.17, 15) is 21.6 Å². The van der Waals surface area contributed by atoms with Crippen LogP contribution in [0.5, 0.6) is 5.75 Å².